The molecule has 0 saturated heterocycles. The number of rotatable bonds is 7. The SMILES string of the molecule is CC(=O)NCCc1ccc(C(=O)CSc2ncccn2)cc1. The Balaban J connectivity index is 1.84. The van der Waals surface area contributed by atoms with Gasteiger partial charge in [-0.15, -0.1) is 0 Å². The molecule has 1 amide bonds. The molecule has 5 nitrogen and oxygen atoms in total. The Labute approximate surface area is 133 Å². The highest BCUT2D eigenvalue weighted by molar-refractivity contribution is 7.99. The average molecular weight is 315 g/mol. The van der Waals surface area contributed by atoms with Crippen molar-refractivity contribution in [3.8, 4) is 0 Å². The number of amides is 1. The topological polar surface area (TPSA) is 72.0 Å². The van der Waals surface area contributed by atoms with Gasteiger partial charge in [0, 0.05) is 31.4 Å². The van der Waals surface area contributed by atoms with Crippen molar-refractivity contribution in [3.05, 3.63) is 53.9 Å². The zero-order valence-corrected chi connectivity index (χ0v) is 13.1. The first-order valence-corrected chi connectivity index (χ1v) is 7.90. The summed E-state index contributed by atoms with van der Waals surface area (Å²) in [5, 5.41) is 3.35. The highest BCUT2D eigenvalue weighted by atomic mass is 32.2. The largest absolute Gasteiger partial charge is 0.356 e. The molecule has 0 aliphatic heterocycles. The van der Waals surface area contributed by atoms with Crippen LogP contribution in [0.15, 0.2) is 47.9 Å². The lowest BCUT2D eigenvalue weighted by Crippen LogP contribution is -2.22. The van der Waals surface area contributed by atoms with E-state index in [4.69, 9.17) is 0 Å². The number of nitrogens with zero attached hydrogens (tertiary/aromatic N) is 2. The monoisotopic (exact) mass is 315 g/mol. The Morgan fingerprint density at radius 2 is 1.82 bits per heavy atom. The number of hydrogen-bond donors (Lipinski definition) is 1. The lowest BCUT2D eigenvalue weighted by atomic mass is 10.1. The summed E-state index contributed by atoms with van der Waals surface area (Å²) in [4.78, 5) is 31.0. The Morgan fingerprint density at radius 1 is 1.14 bits per heavy atom. The summed E-state index contributed by atoms with van der Waals surface area (Å²) in [5.41, 5.74) is 1.76. The standard InChI is InChI=1S/C16H17N3O2S/c1-12(20)17-10-7-13-3-5-14(6-4-13)15(21)11-22-16-18-8-2-9-19-16/h2-6,8-9H,7,10-11H2,1H3,(H,17,20). The summed E-state index contributed by atoms with van der Waals surface area (Å²) in [7, 11) is 0. The minimum atomic E-state index is -0.0352. The molecule has 0 fully saturated rings. The molecule has 0 bridgehead atoms. The Kier molecular flexibility index (Phi) is 6.09. The smallest absolute Gasteiger partial charge is 0.216 e. The Hall–Kier alpha value is -2.21. The van der Waals surface area contributed by atoms with E-state index in [1.807, 2.05) is 24.3 Å². The minimum absolute atomic E-state index is 0.0352. The van der Waals surface area contributed by atoms with Gasteiger partial charge in [0.15, 0.2) is 10.9 Å². The third-order valence-electron chi connectivity index (χ3n) is 2.94. The fourth-order valence-corrected chi connectivity index (χ4v) is 2.51. The van der Waals surface area contributed by atoms with Crippen molar-refractivity contribution in [1.29, 1.82) is 0 Å². The highest BCUT2D eigenvalue weighted by Gasteiger charge is 2.07. The van der Waals surface area contributed by atoms with Gasteiger partial charge in [0.25, 0.3) is 0 Å². The summed E-state index contributed by atoms with van der Waals surface area (Å²) in [6.07, 6.45) is 4.06. The molecule has 0 saturated carbocycles. The zero-order chi connectivity index (χ0) is 15.8. The molecule has 22 heavy (non-hydrogen) atoms. The van der Waals surface area contributed by atoms with Gasteiger partial charge in [-0.1, -0.05) is 36.0 Å². The van der Waals surface area contributed by atoms with Gasteiger partial charge in [0.05, 0.1) is 5.75 Å². The summed E-state index contributed by atoms with van der Waals surface area (Å²) >= 11 is 1.33. The predicted octanol–water partition coefficient (Wildman–Crippen LogP) is 2.13. The third kappa shape index (κ3) is 5.29. The first kappa shape index (κ1) is 16.2. The molecule has 114 valence electrons. The van der Waals surface area contributed by atoms with E-state index in [2.05, 4.69) is 15.3 Å². The van der Waals surface area contributed by atoms with Crippen molar-refractivity contribution in [2.75, 3.05) is 12.3 Å². The van der Waals surface area contributed by atoms with Crippen molar-refractivity contribution >= 4 is 23.5 Å². The third-order valence-corrected chi connectivity index (χ3v) is 3.81. The number of hydrogen-bond acceptors (Lipinski definition) is 5. The fourth-order valence-electron chi connectivity index (χ4n) is 1.81. The van der Waals surface area contributed by atoms with Crippen molar-refractivity contribution < 1.29 is 9.59 Å². The van der Waals surface area contributed by atoms with Gasteiger partial charge in [-0.3, -0.25) is 9.59 Å². The van der Waals surface area contributed by atoms with E-state index in [9.17, 15) is 9.59 Å². The molecule has 0 aliphatic rings. The highest BCUT2D eigenvalue weighted by Crippen LogP contribution is 2.14. The molecule has 2 rings (SSSR count). The van der Waals surface area contributed by atoms with Crippen LogP contribution in [-0.2, 0) is 11.2 Å². The van der Waals surface area contributed by atoms with Crippen LogP contribution < -0.4 is 5.32 Å². The molecule has 1 N–H and O–H groups in total. The lowest BCUT2D eigenvalue weighted by molar-refractivity contribution is -0.118. The number of ketones is 1. The van der Waals surface area contributed by atoms with Gasteiger partial charge >= 0.3 is 0 Å². The van der Waals surface area contributed by atoms with Crippen LogP contribution in [0.3, 0.4) is 0 Å². The predicted molar refractivity (Wildman–Crippen MR) is 85.9 cm³/mol. The molecule has 0 unspecified atom stereocenters. The normalized spacial score (nSPS) is 10.2. The summed E-state index contributed by atoms with van der Waals surface area (Å²) in [6.45, 7) is 2.10. The number of nitrogens with one attached hydrogen (secondary N) is 1. The van der Waals surface area contributed by atoms with E-state index in [1.165, 1.54) is 18.7 Å². The van der Waals surface area contributed by atoms with Gasteiger partial charge in [-0.25, -0.2) is 9.97 Å². The van der Waals surface area contributed by atoms with E-state index >= 15 is 0 Å². The maximum atomic E-state index is 12.1. The molecule has 1 aromatic carbocycles. The van der Waals surface area contributed by atoms with E-state index in [0.29, 0.717) is 23.0 Å². The molecular weight excluding hydrogens is 298 g/mol. The summed E-state index contributed by atoms with van der Waals surface area (Å²) in [5.74, 6) is 0.327. The maximum absolute atomic E-state index is 12.1. The van der Waals surface area contributed by atoms with Gasteiger partial charge in [-0.2, -0.15) is 0 Å². The number of carbonyl (C=O) groups is 2. The van der Waals surface area contributed by atoms with Crippen LogP contribution in [0.2, 0.25) is 0 Å². The lowest BCUT2D eigenvalue weighted by Gasteiger charge is -2.04. The molecule has 1 aromatic heterocycles. The van der Waals surface area contributed by atoms with Crippen molar-refractivity contribution in [2.45, 2.75) is 18.5 Å². The van der Waals surface area contributed by atoms with Gasteiger partial charge in [0.2, 0.25) is 5.91 Å². The van der Waals surface area contributed by atoms with Crippen LogP contribution in [0.5, 0.6) is 0 Å². The summed E-state index contributed by atoms with van der Waals surface area (Å²) < 4.78 is 0. The van der Waals surface area contributed by atoms with Crippen LogP contribution in [-0.4, -0.2) is 34.0 Å². The van der Waals surface area contributed by atoms with Crippen LogP contribution in [0.25, 0.3) is 0 Å². The molecule has 1 heterocycles. The molecular formula is C16H17N3O2S. The second-order valence-corrected chi connectivity index (χ2v) is 5.62. The quantitative estimate of drug-likeness (QED) is 0.481. The molecule has 2 aromatic rings. The van der Waals surface area contributed by atoms with E-state index < -0.39 is 0 Å². The number of carbonyl (C=O) groups excluding carboxylic acids is 2. The van der Waals surface area contributed by atoms with Crippen molar-refractivity contribution in [1.82, 2.24) is 15.3 Å². The van der Waals surface area contributed by atoms with Crippen molar-refractivity contribution in [2.24, 2.45) is 0 Å². The van der Waals surface area contributed by atoms with Crippen LogP contribution in [0.1, 0.15) is 22.8 Å². The van der Waals surface area contributed by atoms with Crippen LogP contribution in [0, 0.1) is 0 Å². The van der Waals surface area contributed by atoms with Gasteiger partial charge in [0.1, 0.15) is 0 Å². The first-order valence-electron chi connectivity index (χ1n) is 6.91. The second-order valence-electron chi connectivity index (χ2n) is 4.67. The average Bonchev–Trinajstić information content (AvgIpc) is 2.54. The summed E-state index contributed by atoms with van der Waals surface area (Å²) in [6, 6.07) is 9.21. The number of Topliss-reactive ketones (excluding diaryl/α,β-unsaturated/α-hetero) is 1. The van der Waals surface area contributed by atoms with E-state index in [-0.39, 0.29) is 11.7 Å². The minimum Gasteiger partial charge on any atom is -0.356 e. The zero-order valence-electron chi connectivity index (χ0n) is 12.3. The molecule has 0 atom stereocenters. The molecule has 6 heteroatoms. The van der Waals surface area contributed by atoms with Crippen LogP contribution in [0.4, 0.5) is 0 Å². The Bertz CT molecular complexity index is 630. The molecule has 0 spiro atoms. The number of thioether (sulfide) groups is 1. The molecule has 0 radical (unpaired) electrons. The van der Waals surface area contributed by atoms with Crippen LogP contribution >= 0.6 is 11.8 Å². The maximum Gasteiger partial charge on any atom is 0.216 e. The number of aromatic nitrogens is 2. The van der Waals surface area contributed by atoms with E-state index in [0.717, 1.165) is 12.0 Å². The first-order chi connectivity index (χ1) is 10.6. The van der Waals surface area contributed by atoms with Crippen molar-refractivity contribution in [3.63, 3.8) is 0 Å². The van der Waals surface area contributed by atoms with Gasteiger partial charge < -0.3 is 5.32 Å². The van der Waals surface area contributed by atoms with E-state index in [1.54, 1.807) is 18.5 Å². The second kappa shape index (κ2) is 8.29. The van der Waals surface area contributed by atoms with Gasteiger partial charge in [-0.05, 0) is 18.1 Å². The fraction of sp³-hybridized carbons (Fsp3) is 0.250. The number of benzene rings is 1. The Morgan fingerprint density at radius 3 is 2.45 bits per heavy atom. The molecule has 0 aliphatic carbocycles.